The van der Waals surface area contributed by atoms with Crippen molar-refractivity contribution in [3.05, 3.63) is 29.3 Å². The molecule has 1 aliphatic heterocycles. The lowest BCUT2D eigenvalue weighted by Gasteiger charge is -2.37. The second-order valence-corrected chi connectivity index (χ2v) is 6.34. The van der Waals surface area contributed by atoms with Crippen LogP contribution in [-0.4, -0.2) is 37.7 Å². The van der Waals surface area contributed by atoms with Crippen molar-refractivity contribution < 1.29 is 13.2 Å². The summed E-state index contributed by atoms with van der Waals surface area (Å²) in [5.74, 6) is 0. The van der Waals surface area contributed by atoms with Gasteiger partial charge in [0, 0.05) is 23.8 Å². The Balaban J connectivity index is 1.92. The highest BCUT2D eigenvalue weighted by Gasteiger charge is 2.37. The number of nitrogens with two attached hydrogens (primary N) is 1. The van der Waals surface area contributed by atoms with Crippen molar-refractivity contribution in [3.8, 4) is 0 Å². The zero-order valence-electron chi connectivity index (χ0n) is 9.34. The van der Waals surface area contributed by atoms with Gasteiger partial charge in [0.15, 0.2) is 0 Å². The van der Waals surface area contributed by atoms with Crippen LogP contribution in [0.1, 0.15) is 0 Å². The molecule has 1 saturated heterocycles. The largest absolute Gasteiger partial charge is 0.322 e. The predicted molar refractivity (Wildman–Crippen MR) is 68.9 cm³/mol. The number of nitrogens with zero attached hydrogens (tertiary/aromatic N) is 1. The molecule has 0 saturated carbocycles. The van der Waals surface area contributed by atoms with E-state index in [9.17, 15) is 13.2 Å². The highest BCUT2D eigenvalue weighted by Crippen LogP contribution is 2.18. The summed E-state index contributed by atoms with van der Waals surface area (Å²) in [7, 11) is -3.55. The van der Waals surface area contributed by atoms with Crippen molar-refractivity contribution in [2.45, 2.75) is 5.25 Å². The molecule has 0 bridgehead atoms. The van der Waals surface area contributed by atoms with E-state index in [-0.39, 0.29) is 19.1 Å². The number of sulfonamides is 1. The van der Waals surface area contributed by atoms with Gasteiger partial charge in [-0.3, -0.25) is 0 Å². The second kappa shape index (κ2) is 4.75. The van der Waals surface area contributed by atoms with Crippen LogP contribution >= 0.6 is 11.6 Å². The second-order valence-electron chi connectivity index (χ2n) is 4.06. The Morgan fingerprint density at radius 2 is 2.11 bits per heavy atom. The van der Waals surface area contributed by atoms with Crippen molar-refractivity contribution in [1.82, 2.24) is 4.90 Å². The molecule has 1 aliphatic rings. The summed E-state index contributed by atoms with van der Waals surface area (Å²) < 4.78 is 22.0. The minimum atomic E-state index is -3.55. The molecule has 18 heavy (non-hydrogen) atoms. The number of halogens is 1. The fraction of sp³-hybridized carbons (Fsp3) is 0.300. The quantitative estimate of drug-likeness (QED) is 0.845. The first-order valence-corrected chi connectivity index (χ1v) is 7.18. The van der Waals surface area contributed by atoms with Gasteiger partial charge in [-0.1, -0.05) is 17.7 Å². The number of rotatable bonds is 2. The highest BCUT2D eigenvalue weighted by atomic mass is 35.5. The van der Waals surface area contributed by atoms with E-state index in [1.54, 1.807) is 24.3 Å². The molecule has 1 aromatic carbocycles. The van der Waals surface area contributed by atoms with E-state index in [0.29, 0.717) is 10.7 Å². The Kier molecular flexibility index (Phi) is 3.47. The lowest BCUT2D eigenvalue weighted by atomic mass is 10.2. The first kappa shape index (κ1) is 13.1. The average molecular weight is 290 g/mol. The number of nitrogens with one attached hydrogen (secondary N) is 1. The smallest absolute Gasteiger partial charge is 0.321 e. The van der Waals surface area contributed by atoms with Crippen molar-refractivity contribution >= 4 is 33.3 Å². The predicted octanol–water partition coefficient (Wildman–Crippen LogP) is 0.845. The van der Waals surface area contributed by atoms with Crippen molar-refractivity contribution in [1.29, 1.82) is 0 Å². The molecule has 2 rings (SSSR count). The van der Waals surface area contributed by atoms with Gasteiger partial charge in [-0.05, 0) is 18.2 Å². The van der Waals surface area contributed by atoms with Crippen LogP contribution in [0.3, 0.4) is 0 Å². The first-order chi connectivity index (χ1) is 8.36. The summed E-state index contributed by atoms with van der Waals surface area (Å²) in [6, 6.07) is 6.34. The molecule has 0 atom stereocenters. The molecule has 1 fully saturated rings. The Bertz CT molecular complexity index is 569. The third-order valence-electron chi connectivity index (χ3n) is 2.68. The van der Waals surface area contributed by atoms with Crippen LogP contribution in [0.2, 0.25) is 5.02 Å². The molecule has 2 amide bonds. The maximum absolute atomic E-state index is 11.7. The molecule has 6 nitrogen and oxygen atoms in total. The van der Waals surface area contributed by atoms with E-state index < -0.39 is 15.3 Å². The minimum Gasteiger partial charge on any atom is -0.322 e. The summed E-state index contributed by atoms with van der Waals surface area (Å²) >= 11 is 5.78. The molecule has 1 heterocycles. The fourth-order valence-electron chi connectivity index (χ4n) is 1.58. The SMILES string of the molecule is NS(=O)(=O)C1CN(C(=O)Nc2cccc(Cl)c2)C1. The van der Waals surface area contributed by atoms with E-state index in [1.807, 2.05) is 0 Å². The topological polar surface area (TPSA) is 92.5 Å². The van der Waals surface area contributed by atoms with Crippen LogP contribution < -0.4 is 10.5 Å². The minimum absolute atomic E-state index is 0.116. The van der Waals surface area contributed by atoms with Crippen molar-refractivity contribution in [2.24, 2.45) is 5.14 Å². The molecule has 98 valence electrons. The van der Waals surface area contributed by atoms with E-state index in [4.69, 9.17) is 16.7 Å². The summed E-state index contributed by atoms with van der Waals surface area (Å²) in [6.07, 6.45) is 0. The number of primary sulfonamides is 1. The fourth-order valence-corrected chi connectivity index (χ4v) is 2.55. The van der Waals surface area contributed by atoms with Gasteiger partial charge >= 0.3 is 6.03 Å². The van der Waals surface area contributed by atoms with Gasteiger partial charge in [0.25, 0.3) is 0 Å². The van der Waals surface area contributed by atoms with E-state index in [2.05, 4.69) is 5.32 Å². The van der Waals surface area contributed by atoms with Gasteiger partial charge in [-0.25, -0.2) is 18.4 Å². The van der Waals surface area contributed by atoms with E-state index >= 15 is 0 Å². The molecule has 0 aromatic heterocycles. The Labute approximate surface area is 110 Å². The number of carbonyl (C=O) groups excluding carboxylic acids is 1. The van der Waals surface area contributed by atoms with Crippen LogP contribution in [-0.2, 0) is 10.0 Å². The summed E-state index contributed by atoms with van der Waals surface area (Å²) in [5.41, 5.74) is 0.562. The van der Waals surface area contributed by atoms with Gasteiger partial charge in [0.1, 0.15) is 5.25 Å². The first-order valence-electron chi connectivity index (χ1n) is 5.19. The number of amides is 2. The Hall–Kier alpha value is -1.31. The third-order valence-corrected chi connectivity index (χ3v) is 4.14. The van der Waals surface area contributed by atoms with Gasteiger partial charge < -0.3 is 10.2 Å². The molecule has 0 aliphatic carbocycles. The Morgan fingerprint density at radius 3 is 2.67 bits per heavy atom. The number of hydrogen-bond donors (Lipinski definition) is 2. The summed E-state index contributed by atoms with van der Waals surface area (Å²) in [5, 5.41) is 7.44. The van der Waals surface area contributed by atoms with Gasteiger partial charge in [0.05, 0.1) is 0 Å². The molecule has 0 unspecified atom stereocenters. The van der Waals surface area contributed by atoms with Crippen LogP contribution in [0.15, 0.2) is 24.3 Å². The van der Waals surface area contributed by atoms with Gasteiger partial charge in [-0.2, -0.15) is 0 Å². The average Bonchev–Trinajstić information content (AvgIpc) is 2.11. The van der Waals surface area contributed by atoms with Crippen LogP contribution in [0.5, 0.6) is 0 Å². The standard InChI is InChI=1S/C10H12ClN3O3S/c11-7-2-1-3-8(4-7)13-10(15)14-5-9(6-14)18(12,16)17/h1-4,9H,5-6H2,(H,13,15)(H2,12,16,17). The van der Waals surface area contributed by atoms with Crippen LogP contribution in [0.4, 0.5) is 10.5 Å². The number of carbonyl (C=O) groups is 1. The number of benzene rings is 1. The van der Waals surface area contributed by atoms with E-state index in [1.165, 1.54) is 4.90 Å². The molecular formula is C10H12ClN3O3S. The molecule has 1 aromatic rings. The van der Waals surface area contributed by atoms with Crippen molar-refractivity contribution in [2.75, 3.05) is 18.4 Å². The summed E-state index contributed by atoms with van der Waals surface area (Å²) in [4.78, 5) is 13.1. The van der Waals surface area contributed by atoms with Crippen molar-refractivity contribution in [3.63, 3.8) is 0 Å². The van der Waals surface area contributed by atoms with Gasteiger partial charge in [0.2, 0.25) is 10.0 Å². The third kappa shape index (κ3) is 2.92. The lowest BCUT2D eigenvalue weighted by molar-refractivity contribution is 0.182. The van der Waals surface area contributed by atoms with E-state index in [0.717, 1.165) is 0 Å². The molecule has 0 spiro atoms. The maximum atomic E-state index is 11.7. The normalized spacial score (nSPS) is 16.2. The molecule has 3 N–H and O–H groups in total. The monoisotopic (exact) mass is 289 g/mol. The summed E-state index contributed by atoms with van der Waals surface area (Å²) in [6.45, 7) is 0.233. The van der Waals surface area contributed by atoms with Crippen LogP contribution in [0.25, 0.3) is 0 Å². The zero-order chi connectivity index (χ0) is 13.3. The Morgan fingerprint density at radius 1 is 1.44 bits per heavy atom. The number of urea groups is 1. The number of anilines is 1. The maximum Gasteiger partial charge on any atom is 0.321 e. The number of hydrogen-bond acceptors (Lipinski definition) is 3. The molecular weight excluding hydrogens is 278 g/mol. The number of likely N-dealkylation sites (tertiary alicyclic amines) is 1. The molecule has 8 heteroatoms. The lowest BCUT2D eigenvalue weighted by Crippen LogP contribution is -2.59. The molecule has 0 radical (unpaired) electrons. The highest BCUT2D eigenvalue weighted by molar-refractivity contribution is 7.89. The van der Waals surface area contributed by atoms with Gasteiger partial charge in [-0.15, -0.1) is 0 Å². The van der Waals surface area contributed by atoms with Crippen LogP contribution in [0, 0.1) is 0 Å². The zero-order valence-corrected chi connectivity index (χ0v) is 10.9.